The first-order chi connectivity index (χ1) is 16.2. The maximum Gasteiger partial charge on any atom is 1.00 e. The molecule has 0 radical (unpaired) electrons. The van der Waals surface area contributed by atoms with Gasteiger partial charge in [0.1, 0.15) is 35.4 Å². The molecule has 3 aromatic rings. The molecule has 0 saturated carbocycles. The second kappa shape index (κ2) is 12.4. The number of aromatic hydroxyl groups is 1. The van der Waals surface area contributed by atoms with Gasteiger partial charge in [-0.1, -0.05) is 26.7 Å². The van der Waals surface area contributed by atoms with E-state index in [-0.39, 0.29) is 64.8 Å². The molecule has 0 aliphatic carbocycles. The van der Waals surface area contributed by atoms with Crippen molar-refractivity contribution in [2.45, 2.75) is 59.5 Å². The molecule has 0 amide bonds. The molecule has 8 nitrogen and oxygen atoms in total. The van der Waals surface area contributed by atoms with E-state index in [1.807, 2.05) is 13.8 Å². The van der Waals surface area contributed by atoms with Crippen LogP contribution in [0.3, 0.4) is 0 Å². The summed E-state index contributed by atoms with van der Waals surface area (Å²) in [5.41, 5.74) is 1.51. The van der Waals surface area contributed by atoms with Crippen molar-refractivity contribution in [3.8, 4) is 23.0 Å². The zero-order valence-corrected chi connectivity index (χ0v) is 22.8. The summed E-state index contributed by atoms with van der Waals surface area (Å²) in [6.45, 7) is 6.91. The van der Waals surface area contributed by atoms with Gasteiger partial charge in [-0.05, 0) is 51.0 Å². The van der Waals surface area contributed by atoms with Crippen LogP contribution in [0.25, 0.3) is 11.0 Å². The molecule has 0 spiro atoms. The predicted molar refractivity (Wildman–Crippen MR) is 124 cm³/mol. The molecule has 1 unspecified atom stereocenters. The van der Waals surface area contributed by atoms with E-state index in [0.717, 1.165) is 6.42 Å². The zero-order valence-electron chi connectivity index (χ0n) is 20.8. The number of rotatable bonds is 11. The van der Waals surface area contributed by atoms with Crippen LogP contribution in [0.2, 0.25) is 0 Å². The number of Topliss-reactive ketones (excluding diaryl/α,β-unsaturated/α-hetero) is 1. The normalized spacial score (nSPS) is 11.7. The number of phenols is 1. The van der Waals surface area contributed by atoms with E-state index in [4.69, 9.17) is 13.9 Å². The minimum atomic E-state index is -1.55. The summed E-state index contributed by atoms with van der Waals surface area (Å²) in [7, 11) is 0. The van der Waals surface area contributed by atoms with Crippen LogP contribution in [0.4, 0.5) is 0 Å². The summed E-state index contributed by atoms with van der Waals surface area (Å²) in [6, 6.07) is 6.28. The quantitative estimate of drug-likeness (QED) is 0.301. The number of carbonyl (C=O) groups excluding carboxylic acids is 2. The monoisotopic (exact) mass is 492 g/mol. The van der Waals surface area contributed by atoms with Crippen LogP contribution in [0.5, 0.6) is 23.0 Å². The number of phenolic OH excluding ortho intramolecular Hbond substituents is 1. The molecule has 0 fully saturated rings. The fraction of sp³-hybridized carbons (Fsp3) is 0.385. The van der Waals surface area contributed by atoms with E-state index in [0.29, 0.717) is 47.1 Å². The molecule has 3 rings (SSSR count). The van der Waals surface area contributed by atoms with Crippen LogP contribution < -0.4 is 44.1 Å². The molecule has 35 heavy (non-hydrogen) atoms. The topological polar surface area (TPSA) is 129 Å². The molecule has 182 valence electrons. The SMILES string of the molecule is CCCc1c(Oc2c(C(=O)[O-])oc3c(CCC)c(OCC(C)O)ccc23)ccc(C(C)=O)c1O.[Na+]. The zero-order chi connectivity index (χ0) is 25.0. The van der Waals surface area contributed by atoms with Gasteiger partial charge in [0.05, 0.1) is 17.1 Å². The Hall–Kier alpha value is -2.52. The summed E-state index contributed by atoms with van der Waals surface area (Å²) < 4.78 is 17.4. The number of aryl methyl sites for hydroxylation is 1. The number of ketones is 1. The van der Waals surface area contributed by atoms with Crippen molar-refractivity contribution in [3.05, 3.63) is 46.7 Å². The van der Waals surface area contributed by atoms with Crippen molar-refractivity contribution >= 4 is 22.7 Å². The Labute approximate surface area is 226 Å². The minimum absolute atomic E-state index is 0. The van der Waals surface area contributed by atoms with E-state index in [1.54, 1.807) is 19.1 Å². The van der Waals surface area contributed by atoms with Gasteiger partial charge in [-0.25, -0.2) is 0 Å². The smallest absolute Gasteiger partial charge is 0.541 e. The van der Waals surface area contributed by atoms with Crippen molar-refractivity contribution in [2.24, 2.45) is 0 Å². The van der Waals surface area contributed by atoms with Gasteiger partial charge in [0, 0.05) is 11.1 Å². The number of furan rings is 1. The van der Waals surface area contributed by atoms with Gasteiger partial charge >= 0.3 is 29.6 Å². The van der Waals surface area contributed by atoms with Gasteiger partial charge in [-0.2, -0.15) is 0 Å². The predicted octanol–water partition coefficient (Wildman–Crippen LogP) is 1.17. The van der Waals surface area contributed by atoms with E-state index in [9.17, 15) is 24.9 Å². The maximum atomic E-state index is 11.9. The molecule has 0 bridgehead atoms. The third kappa shape index (κ3) is 6.19. The minimum Gasteiger partial charge on any atom is -0.541 e. The third-order valence-electron chi connectivity index (χ3n) is 5.37. The second-order valence-electron chi connectivity index (χ2n) is 8.22. The molecular formula is C26H29NaO8. The number of aliphatic hydroxyl groups is 1. The molecule has 0 aliphatic rings. The van der Waals surface area contributed by atoms with Crippen LogP contribution in [0.15, 0.2) is 28.7 Å². The summed E-state index contributed by atoms with van der Waals surface area (Å²) in [6.07, 6.45) is 1.68. The van der Waals surface area contributed by atoms with Gasteiger partial charge < -0.3 is 34.0 Å². The molecule has 2 N–H and O–H groups in total. The number of aromatic carboxylic acids is 1. The number of benzene rings is 2. The number of fused-ring (bicyclic) bond motifs is 1. The summed E-state index contributed by atoms with van der Waals surface area (Å²) in [5.74, 6) is -1.87. The Morgan fingerprint density at radius 3 is 2.26 bits per heavy atom. The number of hydrogen-bond acceptors (Lipinski definition) is 8. The van der Waals surface area contributed by atoms with Crippen molar-refractivity contribution in [3.63, 3.8) is 0 Å². The molecular weight excluding hydrogens is 463 g/mol. The van der Waals surface area contributed by atoms with Crippen molar-refractivity contribution in [1.29, 1.82) is 0 Å². The fourth-order valence-corrected chi connectivity index (χ4v) is 3.84. The standard InChI is InChI=1S/C26H30O8.Na/c1-5-7-17-21(12-9-16(15(4)28)22(17)29)33-24-19-10-11-20(32-13-14(3)27)18(8-6-2)23(19)34-25(24)26(30)31;/h9-12,14,27,29H,5-8,13H2,1-4H3,(H,30,31);/q;+1/p-1. The van der Waals surface area contributed by atoms with Gasteiger partial charge in [-0.3, -0.25) is 4.79 Å². The average molecular weight is 493 g/mol. The Morgan fingerprint density at radius 2 is 1.69 bits per heavy atom. The van der Waals surface area contributed by atoms with E-state index in [1.165, 1.54) is 19.1 Å². The van der Waals surface area contributed by atoms with Crippen LogP contribution in [0, 0.1) is 0 Å². The van der Waals surface area contributed by atoms with Crippen LogP contribution >= 0.6 is 0 Å². The maximum absolute atomic E-state index is 11.9. The van der Waals surface area contributed by atoms with E-state index in [2.05, 4.69) is 0 Å². The number of aliphatic hydroxyl groups excluding tert-OH is 1. The fourth-order valence-electron chi connectivity index (χ4n) is 3.84. The molecule has 1 aromatic heterocycles. The van der Waals surface area contributed by atoms with Crippen molar-refractivity contribution in [2.75, 3.05) is 6.61 Å². The van der Waals surface area contributed by atoms with Crippen LogP contribution in [-0.4, -0.2) is 34.7 Å². The number of hydrogen-bond donors (Lipinski definition) is 2. The Morgan fingerprint density at radius 1 is 1.06 bits per heavy atom. The van der Waals surface area contributed by atoms with Crippen LogP contribution in [0.1, 0.15) is 72.6 Å². The molecule has 0 saturated heterocycles. The Kier molecular flexibility index (Phi) is 10.2. The second-order valence-corrected chi connectivity index (χ2v) is 8.22. The summed E-state index contributed by atoms with van der Waals surface area (Å²) in [5, 5.41) is 32.6. The van der Waals surface area contributed by atoms with Gasteiger partial charge in [0.15, 0.2) is 17.3 Å². The van der Waals surface area contributed by atoms with Crippen LogP contribution in [-0.2, 0) is 12.8 Å². The van der Waals surface area contributed by atoms with Gasteiger partial charge in [-0.15, -0.1) is 0 Å². The van der Waals surface area contributed by atoms with Crippen molar-refractivity contribution in [1.82, 2.24) is 0 Å². The van der Waals surface area contributed by atoms with Crippen molar-refractivity contribution < 1.29 is 68.4 Å². The largest absolute Gasteiger partial charge is 1.00 e. The average Bonchev–Trinajstić information content (AvgIpc) is 3.14. The first kappa shape index (κ1) is 28.7. The van der Waals surface area contributed by atoms with Gasteiger partial charge in [0.2, 0.25) is 0 Å². The summed E-state index contributed by atoms with van der Waals surface area (Å²) in [4.78, 5) is 23.8. The van der Waals surface area contributed by atoms with Gasteiger partial charge in [0.25, 0.3) is 0 Å². The summed E-state index contributed by atoms with van der Waals surface area (Å²) >= 11 is 0. The molecule has 2 aromatic carbocycles. The molecule has 1 atom stereocenters. The van der Waals surface area contributed by atoms with E-state index < -0.39 is 17.8 Å². The first-order valence-corrected chi connectivity index (χ1v) is 11.3. The Balaban J connectivity index is 0.00000432. The first-order valence-electron chi connectivity index (χ1n) is 11.3. The molecule has 0 aliphatic heterocycles. The molecule has 1 heterocycles. The number of carbonyl (C=O) groups is 2. The van der Waals surface area contributed by atoms with E-state index >= 15 is 0 Å². The molecule has 9 heteroatoms. The number of carboxylic acids is 1. The number of carboxylic acid groups (broad SMARTS) is 1. The third-order valence-corrected chi connectivity index (χ3v) is 5.37. The number of ether oxygens (including phenoxy) is 2. The Bertz CT molecular complexity index is 1210.